The Bertz CT molecular complexity index is 524. The maximum atomic E-state index is 13.7. The van der Waals surface area contributed by atoms with E-state index < -0.39 is 6.17 Å². The molecule has 0 amide bonds. The highest BCUT2D eigenvalue weighted by atomic mass is 19.1. The SMILES string of the molecule is CCC(F)c1noc2c(OC)c(OC)ccc12. The van der Waals surface area contributed by atoms with Gasteiger partial charge in [-0.2, -0.15) is 0 Å². The lowest BCUT2D eigenvalue weighted by Crippen LogP contribution is -1.92. The Hall–Kier alpha value is -1.78. The fourth-order valence-electron chi connectivity index (χ4n) is 1.75. The fourth-order valence-corrected chi connectivity index (χ4v) is 1.75. The summed E-state index contributed by atoms with van der Waals surface area (Å²) in [5.74, 6) is 0.974. The monoisotopic (exact) mass is 239 g/mol. The zero-order chi connectivity index (χ0) is 12.4. The summed E-state index contributed by atoms with van der Waals surface area (Å²) in [6.07, 6.45) is -0.773. The van der Waals surface area contributed by atoms with Gasteiger partial charge in [0.15, 0.2) is 5.75 Å². The first-order chi connectivity index (χ1) is 8.22. The van der Waals surface area contributed by atoms with Crippen LogP contribution in [0.3, 0.4) is 0 Å². The van der Waals surface area contributed by atoms with E-state index >= 15 is 0 Å². The van der Waals surface area contributed by atoms with Crippen LogP contribution in [0.2, 0.25) is 0 Å². The lowest BCUT2D eigenvalue weighted by atomic mass is 10.1. The maximum absolute atomic E-state index is 13.7. The van der Waals surface area contributed by atoms with E-state index in [1.807, 2.05) is 0 Å². The molecule has 1 heterocycles. The molecule has 0 fully saturated rings. The number of nitrogens with zero attached hydrogens (tertiary/aromatic N) is 1. The van der Waals surface area contributed by atoms with Gasteiger partial charge in [-0.1, -0.05) is 12.1 Å². The van der Waals surface area contributed by atoms with E-state index in [2.05, 4.69) is 5.16 Å². The molecule has 0 saturated carbocycles. The van der Waals surface area contributed by atoms with Gasteiger partial charge in [0.25, 0.3) is 0 Å². The van der Waals surface area contributed by atoms with Crippen molar-refractivity contribution in [2.24, 2.45) is 0 Å². The van der Waals surface area contributed by atoms with Gasteiger partial charge in [0.2, 0.25) is 11.3 Å². The van der Waals surface area contributed by atoms with Crippen molar-refractivity contribution in [1.29, 1.82) is 0 Å². The molecule has 17 heavy (non-hydrogen) atoms. The third kappa shape index (κ3) is 1.81. The molecular formula is C12H14FNO3. The van der Waals surface area contributed by atoms with E-state index in [9.17, 15) is 4.39 Å². The van der Waals surface area contributed by atoms with Crippen molar-refractivity contribution in [2.45, 2.75) is 19.5 Å². The summed E-state index contributed by atoms with van der Waals surface area (Å²) in [5.41, 5.74) is 0.724. The second-order valence-corrected chi connectivity index (χ2v) is 3.62. The van der Waals surface area contributed by atoms with E-state index in [1.54, 1.807) is 19.1 Å². The molecule has 2 aromatic rings. The van der Waals surface area contributed by atoms with E-state index in [0.717, 1.165) is 0 Å². The van der Waals surface area contributed by atoms with Gasteiger partial charge in [0, 0.05) is 0 Å². The largest absolute Gasteiger partial charge is 0.493 e. The number of hydrogen-bond acceptors (Lipinski definition) is 4. The Balaban J connectivity index is 2.64. The Kier molecular flexibility index (Phi) is 3.17. The predicted octanol–water partition coefficient (Wildman–Crippen LogP) is 3.27. The summed E-state index contributed by atoms with van der Waals surface area (Å²) < 4.78 is 29.1. The summed E-state index contributed by atoms with van der Waals surface area (Å²) in [4.78, 5) is 0. The molecule has 5 heteroatoms. The molecule has 0 radical (unpaired) electrons. The Morgan fingerprint density at radius 3 is 2.71 bits per heavy atom. The van der Waals surface area contributed by atoms with Crippen LogP contribution in [0.25, 0.3) is 11.0 Å². The predicted molar refractivity (Wildman–Crippen MR) is 61.3 cm³/mol. The van der Waals surface area contributed by atoms with Gasteiger partial charge >= 0.3 is 0 Å². The summed E-state index contributed by atoms with van der Waals surface area (Å²) >= 11 is 0. The lowest BCUT2D eigenvalue weighted by molar-refractivity contribution is 0.308. The molecule has 0 saturated heterocycles. The van der Waals surface area contributed by atoms with Crippen molar-refractivity contribution in [3.05, 3.63) is 17.8 Å². The van der Waals surface area contributed by atoms with Crippen LogP contribution < -0.4 is 9.47 Å². The second-order valence-electron chi connectivity index (χ2n) is 3.62. The summed E-state index contributed by atoms with van der Waals surface area (Å²) in [6, 6.07) is 3.44. The molecule has 0 bridgehead atoms. The van der Waals surface area contributed by atoms with Crippen LogP contribution in [0.15, 0.2) is 16.7 Å². The van der Waals surface area contributed by atoms with Crippen molar-refractivity contribution in [2.75, 3.05) is 14.2 Å². The average Bonchev–Trinajstić information content (AvgIpc) is 2.80. The van der Waals surface area contributed by atoms with Gasteiger partial charge in [-0.3, -0.25) is 0 Å². The minimum Gasteiger partial charge on any atom is -0.493 e. The number of alkyl halides is 1. The molecule has 2 rings (SSSR count). The van der Waals surface area contributed by atoms with Crippen LogP contribution in [-0.2, 0) is 0 Å². The minimum atomic E-state index is -1.13. The lowest BCUT2D eigenvalue weighted by Gasteiger charge is -2.06. The van der Waals surface area contributed by atoms with Crippen LogP contribution in [0.4, 0.5) is 4.39 Å². The molecule has 4 nitrogen and oxygen atoms in total. The fraction of sp³-hybridized carbons (Fsp3) is 0.417. The molecule has 92 valence electrons. The minimum absolute atomic E-state index is 0.309. The smallest absolute Gasteiger partial charge is 0.212 e. The zero-order valence-electron chi connectivity index (χ0n) is 9.99. The van der Waals surface area contributed by atoms with Crippen LogP contribution in [0.1, 0.15) is 25.2 Å². The topological polar surface area (TPSA) is 44.5 Å². The van der Waals surface area contributed by atoms with E-state index in [1.165, 1.54) is 14.2 Å². The van der Waals surface area contributed by atoms with Gasteiger partial charge in [-0.25, -0.2) is 4.39 Å². The summed E-state index contributed by atoms with van der Waals surface area (Å²) in [7, 11) is 3.04. The first kappa shape index (κ1) is 11.7. The average molecular weight is 239 g/mol. The highest BCUT2D eigenvalue weighted by Crippen LogP contribution is 2.38. The van der Waals surface area contributed by atoms with Crippen molar-refractivity contribution >= 4 is 11.0 Å². The molecule has 0 aliphatic heterocycles. The first-order valence-corrected chi connectivity index (χ1v) is 5.37. The Morgan fingerprint density at radius 1 is 1.35 bits per heavy atom. The second kappa shape index (κ2) is 4.61. The molecule has 0 N–H and O–H groups in total. The van der Waals surface area contributed by atoms with Gasteiger partial charge in [-0.05, 0) is 18.6 Å². The molecule has 0 aliphatic rings. The van der Waals surface area contributed by atoms with E-state index in [-0.39, 0.29) is 0 Å². The van der Waals surface area contributed by atoms with Crippen LogP contribution in [0, 0.1) is 0 Å². The Labute approximate surface area is 98.3 Å². The summed E-state index contributed by atoms with van der Waals surface area (Å²) in [6.45, 7) is 1.76. The molecule has 1 atom stereocenters. The normalized spacial score (nSPS) is 12.7. The maximum Gasteiger partial charge on any atom is 0.212 e. The third-order valence-corrected chi connectivity index (χ3v) is 2.67. The van der Waals surface area contributed by atoms with E-state index in [4.69, 9.17) is 14.0 Å². The number of rotatable bonds is 4. The number of halogens is 1. The van der Waals surface area contributed by atoms with Crippen LogP contribution in [0.5, 0.6) is 11.5 Å². The van der Waals surface area contributed by atoms with Crippen molar-refractivity contribution < 1.29 is 18.4 Å². The first-order valence-electron chi connectivity index (χ1n) is 5.37. The number of hydrogen-bond donors (Lipinski definition) is 0. The van der Waals surface area contributed by atoms with Crippen LogP contribution in [-0.4, -0.2) is 19.4 Å². The van der Waals surface area contributed by atoms with Gasteiger partial charge in [-0.15, -0.1) is 0 Å². The molecule has 0 aliphatic carbocycles. The molecule has 0 spiro atoms. The highest BCUT2D eigenvalue weighted by Gasteiger charge is 2.21. The van der Waals surface area contributed by atoms with Gasteiger partial charge in [0.1, 0.15) is 11.9 Å². The van der Waals surface area contributed by atoms with Crippen LogP contribution >= 0.6 is 0 Å². The molecule has 1 aromatic heterocycles. The summed E-state index contributed by atoms with van der Waals surface area (Å²) in [5, 5.41) is 4.39. The van der Waals surface area contributed by atoms with Crippen molar-refractivity contribution in [3.8, 4) is 11.5 Å². The van der Waals surface area contributed by atoms with Gasteiger partial charge in [0.05, 0.1) is 19.6 Å². The highest BCUT2D eigenvalue weighted by molar-refractivity contribution is 5.87. The third-order valence-electron chi connectivity index (χ3n) is 2.67. The van der Waals surface area contributed by atoms with Crippen molar-refractivity contribution in [1.82, 2.24) is 5.16 Å². The number of methoxy groups -OCH3 is 2. The quantitative estimate of drug-likeness (QED) is 0.821. The van der Waals surface area contributed by atoms with Crippen molar-refractivity contribution in [3.63, 3.8) is 0 Å². The molecular weight excluding hydrogens is 225 g/mol. The number of ether oxygens (including phenoxy) is 2. The standard InChI is InChI=1S/C12H14FNO3/c1-4-8(13)10-7-5-6-9(15-2)12(16-3)11(7)17-14-10/h5-6,8H,4H2,1-3H3. The number of benzene rings is 1. The zero-order valence-corrected chi connectivity index (χ0v) is 9.99. The molecule has 1 unspecified atom stereocenters. The number of aromatic nitrogens is 1. The Morgan fingerprint density at radius 2 is 2.12 bits per heavy atom. The number of fused-ring (bicyclic) bond motifs is 1. The van der Waals surface area contributed by atoms with E-state index in [0.29, 0.717) is 34.6 Å². The molecule has 1 aromatic carbocycles. The van der Waals surface area contributed by atoms with Gasteiger partial charge < -0.3 is 14.0 Å².